The van der Waals surface area contributed by atoms with Gasteiger partial charge in [-0.15, -0.1) is 0 Å². The van der Waals surface area contributed by atoms with Crippen molar-refractivity contribution in [3.63, 3.8) is 0 Å². The Bertz CT molecular complexity index is 1470. The smallest absolute Gasteiger partial charge is 0.274 e. The van der Waals surface area contributed by atoms with Gasteiger partial charge in [0.2, 0.25) is 5.88 Å². The Balaban J connectivity index is 1.82. The monoisotopic (exact) mass is 543 g/mol. The molecule has 2 aliphatic rings. The molecule has 0 saturated carbocycles. The number of carbonyl (C=O) groups excluding carboxylic acids is 1. The summed E-state index contributed by atoms with van der Waals surface area (Å²) in [6.45, 7) is 1.16. The first kappa shape index (κ1) is 25.3. The van der Waals surface area contributed by atoms with Crippen molar-refractivity contribution >= 4 is 33.2 Å². The van der Waals surface area contributed by atoms with Crippen molar-refractivity contribution in [1.29, 1.82) is 0 Å². The number of fused-ring (bicyclic) bond motifs is 1. The van der Waals surface area contributed by atoms with Gasteiger partial charge in [0, 0.05) is 28.4 Å². The number of methoxy groups -OCH3 is 3. The average Bonchev–Trinajstić information content (AvgIpc) is 3.53. The molecular weight excluding hydrogens is 518 g/mol. The van der Waals surface area contributed by atoms with Crippen molar-refractivity contribution in [2.75, 3.05) is 38.7 Å². The number of amides is 1. The number of pyridine rings is 1. The van der Waals surface area contributed by atoms with E-state index in [-0.39, 0.29) is 22.2 Å². The molecule has 3 aromatic rings. The predicted molar refractivity (Wildman–Crippen MR) is 138 cm³/mol. The topological polar surface area (TPSA) is 98.3 Å². The van der Waals surface area contributed by atoms with Crippen LogP contribution in [-0.4, -0.2) is 58.6 Å². The lowest BCUT2D eigenvalue weighted by Crippen LogP contribution is -2.54. The van der Waals surface area contributed by atoms with Crippen LogP contribution in [0.1, 0.15) is 24.0 Å². The number of hydrogen-bond acceptors (Lipinski definition) is 8. The molecule has 0 radical (unpaired) electrons. The highest BCUT2D eigenvalue weighted by atomic mass is 35.5. The van der Waals surface area contributed by atoms with Gasteiger partial charge >= 0.3 is 0 Å². The molecule has 1 aromatic heterocycles. The molecule has 0 N–H and O–H groups in total. The fourth-order valence-electron chi connectivity index (χ4n) is 5.29. The molecule has 1 atom stereocenters. The minimum absolute atomic E-state index is 0.0558. The molecule has 9 nitrogen and oxygen atoms in total. The average molecular weight is 544 g/mol. The minimum Gasteiger partial charge on any atom is -0.497 e. The summed E-state index contributed by atoms with van der Waals surface area (Å²) >= 11 is 6.45. The van der Waals surface area contributed by atoms with Gasteiger partial charge in [-0.3, -0.25) is 9.69 Å². The molecule has 1 saturated heterocycles. The number of likely N-dealkylation sites (tertiary alicyclic amines) is 1. The summed E-state index contributed by atoms with van der Waals surface area (Å²) in [5, 5.41) is 0.374. The first-order valence-electron chi connectivity index (χ1n) is 11.7. The number of benzene rings is 2. The number of halogens is 1. The molecule has 1 amide bonds. The predicted octanol–water partition coefficient (Wildman–Crippen LogP) is 3.84. The molecular formula is C26H26ClN3O6S. The zero-order chi connectivity index (χ0) is 26.4. The van der Waals surface area contributed by atoms with Gasteiger partial charge in [-0.1, -0.05) is 11.6 Å². The standard InChI is InChI=1S/C26H26ClN3O6S/c1-34-18-9-11-23(22(16-18)35-2)37(32,33)30-21-10-8-17(27)15-20(21)26(25(30)31,29-13-4-5-14-29)19-7-6-12-28-24(19)36-3/h6-12,15-16H,4-5,13-14H2,1-3H3. The molecule has 0 spiro atoms. The van der Waals surface area contributed by atoms with E-state index in [1.807, 2.05) is 4.90 Å². The van der Waals surface area contributed by atoms with Gasteiger partial charge in [-0.05, 0) is 68.4 Å². The second kappa shape index (κ2) is 9.51. The van der Waals surface area contributed by atoms with Crippen LogP contribution in [0.4, 0.5) is 5.69 Å². The maximum atomic E-state index is 14.7. The van der Waals surface area contributed by atoms with Crippen LogP contribution in [0.15, 0.2) is 59.6 Å². The van der Waals surface area contributed by atoms with Crippen LogP contribution in [0.5, 0.6) is 17.4 Å². The lowest BCUT2D eigenvalue weighted by atomic mass is 9.82. The summed E-state index contributed by atoms with van der Waals surface area (Å²) in [6.07, 6.45) is 3.27. The Kier molecular flexibility index (Phi) is 6.51. The third kappa shape index (κ3) is 3.74. The number of rotatable bonds is 7. The van der Waals surface area contributed by atoms with E-state index in [0.29, 0.717) is 35.0 Å². The van der Waals surface area contributed by atoms with Crippen molar-refractivity contribution in [2.45, 2.75) is 23.3 Å². The second-order valence-electron chi connectivity index (χ2n) is 8.72. The van der Waals surface area contributed by atoms with E-state index in [1.165, 1.54) is 39.5 Å². The van der Waals surface area contributed by atoms with Crippen LogP contribution in [0.25, 0.3) is 0 Å². The van der Waals surface area contributed by atoms with Crippen molar-refractivity contribution in [1.82, 2.24) is 9.88 Å². The van der Waals surface area contributed by atoms with E-state index in [2.05, 4.69) is 4.98 Å². The fraction of sp³-hybridized carbons (Fsp3) is 0.308. The van der Waals surface area contributed by atoms with E-state index in [9.17, 15) is 13.2 Å². The van der Waals surface area contributed by atoms with Gasteiger partial charge in [0.25, 0.3) is 15.9 Å². The molecule has 5 rings (SSSR count). The highest BCUT2D eigenvalue weighted by molar-refractivity contribution is 7.93. The number of hydrogen-bond donors (Lipinski definition) is 0. The largest absolute Gasteiger partial charge is 0.497 e. The summed E-state index contributed by atoms with van der Waals surface area (Å²) in [6, 6.07) is 12.6. The van der Waals surface area contributed by atoms with Gasteiger partial charge in [0.05, 0.1) is 27.0 Å². The highest BCUT2D eigenvalue weighted by Crippen LogP contribution is 2.53. The van der Waals surface area contributed by atoms with Gasteiger partial charge in [0.15, 0.2) is 5.54 Å². The van der Waals surface area contributed by atoms with Crippen LogP contribution in [0.3, 0.4) is 0 Å². The van der Waals surface area contributed by atoms with E-state index in [1.54, 1.807) is 36.5 Å². The first-order valence-corrected chi connectivity index (χ1v) is 13.5. The van der Waals surface area contributed by atoms with Crippen molar-refractivity contribution in [3.8, 4) is 17.4 Å². The SMILES string of the molecule is COc1ccc(S(=O)(=O)N2C(=O)C(c3cccnc3OC)(N3CCCC3)c3cc(Cl)ccc32)c(OC)c1. The van der Waals surface area contributed by atoms with E-state index < -0.39 is 21.5 Å². The molecule has 3 heterocycles. The van der Waals surface area contributed by atoms with Gasteiger partial charge in [-0.25, -0.2) is 17.7 Å². The van der Waals surface area contributed by atoms with Crippen LogP contribution in [0, 0.1) is 0 Å². The van der Waals surface area contributed by atoms with Crippen molar-refractivity contribution in [2.24, 2.45) is 0 Å². The fourth-order valence-corrected chi connectivity index (χ4v) is 7.06. The molecule has 1 unspecified atom stereocenters. The molecule has 2 aliphatic heterocycles. The minimum atomic E-state index is -4.44. The molecule has 0 aliphatic carbocycles. The Hall–Kier alpha value is -3.34. The summed E-state index contributed by atoms with van der Waals surface area (Å²) in [5.41, 5.74) is -0.394. The van der Waals surface area contributed by atoms with Gasteiger partial charge in [-0.2, -0.15) is 0 Å². The van der Waals surface area contributed by atoms with Gasteiger partial charge < -0.3 is 14.2 Å². The van der Waals surface area contributed by atoms with Crippen molar-refractivity contribution < 1.29 is 27.4 Å². The highest BCUT2D eigenvalue weighted by Gasteiger charge is 2.61. The molecule has 37 heavy (non-hydrogen) atoms. The Morgan fingerprint density at radius 2 is 1.70 bits per heavy atom. The third-order valence-electron chi connectivity index (χ3n) is 6.88. The summed E-state index contributed by atoms with van der Waals surface area (Å²) < 4.78 is 45.5. The Labute approximate surface area is 220 Å². The van der Waals surface area contributed by atoms with E-state index in [4.69, 9.17) is 25.8 Å². The molecule has 11 heteroatoms. The lowest BCUT2D eigenvalue weighted by molar-refractivity contribution is -0.126. The second-order valence-corrected chi connectivity index (χ2v) is 10.9. The van der Waals surface area contributed by atoms with Crippen LogP contribution in [0.2, 0.25) is 5.02 Å². The third-order valence-corrected chi connectivity index (χ3v) is 8.86. The number of aromatic nitrogens is 1. The first-order chi connectivity index (χ1) is 17.8. The number of sulfonamides is 1. The number of anilines is 1. The van der Waals surface area contributed by atoms with E-state index >= 15 is 0 Å². The van der Waals surface area contributed by atoms with Crippen LogP contribution < -0.4 is 18.5 Å². The normalized spacial score (nSPS) is 19.7. The lowest BCUT2D eigenvalue weighted by Gasteiger charge is -2.38. The quantitative estimate of drug-likeness (QED) is 0.443. The zero-order valence-electron chi connectivity index (χ0n) is 20.6. The Morgan fingerprint density at radius 1 is 0.946 bits per heavy atom. The number of nitrogens with zero attached hydrogens (tertiary/aromatic N) is 3. The maximum absolute atomic E-state index is 14.7. The van der Waals surface area contributed by atoms with Gasteiger partial charge in [0.1, 0.15) is 16.4 Å². The summed E-state index contributed by atoms with van der Waals surface area (Å²) in [5.74, 6) is 0.0494. The zero-order valence-corrected chi connectivity index (χ0v) is 22.2. The Morgan fingerprint density at radius 3 is 2.38 bits per heavy atom. The molecule has 1 fully saturated rings. The number of carbonyl (C=O) groups is 1. The van der Waals surface area contributed by atoms with Crippen LogP contribution in [-0.2, 0) is 20.4 Å². The summed E-state index contributed by atoms with van der Waals surface area (Å²) in [4.78, 5) is 20.9. The van der Waals surface area contributed by atoms with Crippen molar-refractivity contribution in [3.05, 3.63) is 70.9 Å². The molecule has 194 valence electrons. The summed E-state index contributed by atoms with van der Waals surface area (Å²) in [7, 11) is -0.133. The molecule has 2 aromatic carbocycles. The molecule has 0 bridgehead atoms. The maximum Gasteiger partial charge on any atom is 0.274 e. The van der Waals surface area contributed by atoms with Crippen LogP contribution >= 0.6 is 11.6 Å². The number of ether oxygens (including phenoxy) is 3. The van der Waals surface area contributed by atoms with E-state index in [0.717, 1.165) is 17.1 Å².